The highest BCUT2D eigenvalue weighted by Gasteiger charge is 2.45. The maximum absolute atomic E-state index is 12.1. The van der Waals surface area contributed by atoms with Crippen molar-refractivity contribution in [2.45, 2.75) is 43.9 Å². The minimum atomic E-state index is -3.38. The van der Waals surface area contributed by atoms with Gasteiger partial charge in [-0.15, -0.1) is 0 Å². The molecule has 0 aromatic rings. The number of esters is 1. The Labute approximate surface area is 102 Å². The quantitative estimate of drug-likeness (QED) is 0.754. The van der Waals surface area contributed by atoms with Crippen molar-refractivity contribution in [1.29, 1.82) is 0 Å². The third-order valence-corrected chi connectivity index (χ3v) is 5.77. The molecular weight excluding hydrogens is 242 g/mol. The normalized spacial score (nSPS) is 36.8. The fraction of sp³-hybridized carbons (Fsp3) is 0.909. The molecule has 2 fully saturated rings. The van der Waals surface area contributed by atoms with Gasteiger partial charge in [0.2, 0.25) is 10.0 Å². The molecule has 0 saturated heterocycles. The maximum Gasteiger partial charge on any atom is 0.310 e. The first-order valence-electron chi connectivity index (χ1n) is 6.04. The smallest absolute Gasteiger partial charge is 0.310 e. The standard InChI is InChI=1S/C11H19NO4S/c1-7-6-9(7)12-17(14,15)10-5-3-4-8(10)11(13)16-2/h7-10,12H,3-6H2,1-2H3. The van der Waals surface area contributed by atoms with E-state index in [0.717, 1.165) is 12.8 Å². The van der Waals surface area contributed by atoms with E-state index in [9.17, 15) is 13.2 Å². The van der Waals surface area contributed by atoms with Crippen LogP contribution < -0.4 is 4.72 Å². The van der Waals surface area contributed by atoms with Gasteiger partial charge in [-0.2, -0.15) is 0 Å². The van der Waals surface area contributed by atoms with Gasteiger partial charge in [0.25, 0.3) is 0 Å². The predicted molar refractivity (Wildman–Crippen MR) is 62.8 cm³/mol. The van der Waals surface area contributed by atoms with Crippen LogP contribution in [0.4, 0.5) is 0 Å². The number of hydrogen-bond acceptors (Lipinski definition) is 4. The van der Waals surface area contributed by atoms with Crippen LogP contribution in [-0.4, -0.2) is 32.8 Å². The molecule has 98 valence electrons. The van der Waals surface area contributed by atoms with E-state index < -0.39 is 27.2 Å². The van der Waals surface area contributed by atoms with Gasteiger partial charge in [0, 0.05) is 6.04 Å². The maximum atomic E-state index is 12.1. The minimum Gasteiger partial charge on any atom is -0.469 e. The van der Waals surface area contributed by atoms with E-state index >= 15 is 0 Å². The number of nitrogens with one attached hydrogen (secondary N) is 1. The minimum absolute atomic E-state index is 0.0684. The van der Waals surface area contributed by atoms with Crippen LogP contribution in [-0.2, 0) is 19.6 Å². The molecule has 2 rings (SSSR count). The summed E-state index contributed by atoms with van der Waals surface area (Å²) in [6, 6.07) is 0.0684. The van der Waals surface area contributed by atoms with Crippen molar-refractivity contribution in [3.05, 3.63) is 0 Å². The van der Waals surface area contributed by atoms with Crippen molar-refractivity contribution >= 4 is 16.0 Å². The van der Waals surface area contributed by atoms with Gasteiger partial charge in [-0.1, -0.05) is 13.3 Å². The molecule has 0 radical (unpaired) electrons. The Hall–Kier alpha value is -0.620. The Morgan fingerprint density at radius 3 is 2.53 bits per heavy atom. The molecule has 0 heterocycles. The van der Waals surface area contributed by atoms with E-state index in [0.29, 0.717) is 18.8 Å². The third kappa shape index (κ3) is 2.63. The fourth-order valence-electron chi connectivity index (χ4n) is 2.50. The van der Waals surface area contributed by atoms with Crippen LogP contribution in [0.15, 0.2) is 0 Å². The van der Waals surface area contributed by atoms with E-state index in [4.69, 9.17) is 0 Å². The molecule has 1 N–H and O–H groups in total. The van der Waals surface area contributed by atoms with E-state index in [1.165, 1.54) is 7.11 Å². The number of rotatable bonds is 4. The van der Waals surface area contributed by atoms with Gasteiger partial charge >= 0.3 is 5.97 Å². The van der Waals surface area contributed by atoms with Gasteiger partial charge < -0.3 is 4.74 Å². The molecule has 0 aliphatic heterocycles. The molecule has 2 saturated carbocycles. The van der Waals surface area contributed by atoms with Crippen LogP contribution in [0.2, 0.25) is 0 Å². The zero-order chi connectivity index (χ0) is 12.6. The summed E-state index contributed by atoms with van der Waals surface area (Å²) >= 11 is 0. The lowest BCUT2D eigenvalue weighted by Gasteiger charge is -2.18. The average Bonchev–Trinajstić information content (AvgIpc) is 2.81. The Morgan fingerprint density at radius 1 is 1.35 bits per heavy atom. The monoisotopic (exact) mass is 261 g/mol. The SMILES string of the molecule is COC(=O)C1CCCC1S(=O)(=O)NC1CC1C. The van der Waals surface area contributed by atoms with Crippen LogP contribution in [0.25, 0.3) is 0 Å². The van der Waals surface area contributed by atoms with Crippen molar-refractivity contribution in [1.82, 2.24) is 4.72 Å². The third-order valence-electron chi connectivity index (χ3n) is 3.78. The molecule has 2 aliphatic rings. The summed E-state index contributed by atoms with van der Waals surface area (Å²) in [5, 5.41) is -0.609. The molecule has 4 atom stereocenters. The van der Waals surface area contributed by atoms with Crippen molar-refractivity contribution < 1.29 is 17.9 Å². The number of carbonyl (C=O) groups is 1. The van der Waals surface area contributed by atoms with Crippen molar-refractivity contribution in [3.63, 3.8) is 0 Å². The zero-order valence-electron chi connectivity index (χ0n) is 10.2. The van der Waals surface area contributed by atoms with Crippen LogP contribution in [0.5, 0.6) is 0 Å². The average molecular weight is 261 g/mol. The number of hydrogen-bond donors (Lipinski definition) is 1. The first-order valence-corrected chi connectivity index (χ1v) is 7.59. The highest BCUT2D eigenvalue weighted by atomic mass is 32.2. The first-order chi connectivity index (χ1) is 7.95. The Morgan fingerprint density at radius 2 is 2.00 bits per heavy atom. The van der Waals surface area contributed by atoms with E-state index in [2.05, 4.69) is 9.46 Å². The molecule has 0 amide bonds. The van der Waals surface area contributed by atoms with Gasteiger partial charge in [-0.3, -0.25) is 4.79 Å². The number of carbonyl (C=O) groups excluding carboxylic acids is 1. The molecule has 0 spiro atoms. The summed E-state index contributed by atoms with van der Waals surface area (Å²) in [6.45, 7) is 2.01. The Bertz CT molecular complexity index is 406. The summed E-state index contributed by atoms with van der Waals surface area (Å²) in [7, 11) is -2.08. The number of methoxy groups -OCH3 is 1. The summed E-state index contributed by atoms with van der Waals surface area (Å²) < 4.78 is 31.6. The van der Waals surface area contributed by atoms with E-state index in [1.54, 1.807) is 0 Å². The highest BCUT2D eigenvalue weighted by molar-refractivity contribution is 7.90. The number of ether oxygens (including phenoxy) is 1. The lowest BCUT2D eigenvalue weighted by molar-refractivity contribution is -0.145. The topological polar surface area (TPSA) is 72.5 Å². The van der Waals surface area contributed by atoms with Crippen LogP contribution in [0.3, 0.4) is 0 Å². The van der Waals surface area contributed by atoms with Gasteiger partial charge in [0.15, 0.2) is 0 Å². The lowest BCUT2D eigenvalue weighted by Crippen LogP contribution is -2.40. The molecular formula is C11H19NO4S. The Balaban J connectivity index is 2.06. The molecule has 4 unspecified atom stereocenters. The molecule has 2 aliphatic carbocycles. The molecule has 0 aromatic heterocycles. The van der Waals surface area contributed by atoms with Crippen molar-refractivity contribution in [2.75, 3.05) is 7.11 Å². The second-order valence-electron chi connectivity index (χ2n) is 5.08. The fourth-order valence-corrected chi connectivity index (χ4v) is 4.59. The predicted octanol–water partition coefficient (Wildman–Crippen LogP) is 0.656. The van der Waals surface area contributed by atoms with Gasteiger partial charge in [-0.25, -0.2) is 13.1 Å². The summed E-state index contributed by atoms with van der Waals surface area (Å²) in [4.78, 5) is 11.5. The van der Waals surface area contributed by atoms with Crippen LogP contribution >= 0.6 is 0 Å². The Kier molecular flexibility index (Phi) is 3.45. The van der Waals surface area contributed by atoms with Crippen molar-refractivity contribution in [2.24, 2.45) is 11.8 Å². The lowest BCUT2D eigenvalue weighted by atomic mass is 10.1. The molecule has 17 heavy (non-hydrogen) atoms. The summed E-state index contributed by atoms with van der Waals surface area (Å²) in [6.07, 6.45) is 2.83. The van der Waals surface area contributed by atoms with E-state index in [1.807, 2.05) is 6.92 Å². The molecule has 5 nitrogen and oxygen atoms in total. The van der Waals surface area contributed by atoms with Crippen LogP contribution in [0.1, 0.15) is 32.6 Å². The zero-order valence-corrected chi connectivity index (χ0v) is 11.0. The summed E-state index contributed by atoms with van der Waals surface area (Å²) in [5.41, 5.74) is 0. The number of sulfonamides is 1. The van der Waals surface area contributed by atoms with Crippen LogP contribution in [0, 0.1) is 11.8 Å². The summed E-state index contributed by atoms with van der Waals surface area (Å²) in [5.74, 6) is -0.476. The second kappa shape index (κ2) is 4.57. The van der Waals surface area contributed by atoms with Gasteiger partial charge in [-0.05, 0) is 25.2 Å². The molecule has 6 heteroatoms. The largest absolute Gasteiger partial charge is 0.469 e. The molecule has 0 aromatic carbocycles. The highest BCUT2D eigenvalue weighted by Crippen LogP contribution is 2.35. The van der Waals surface area contributed by atoms with E-state index in [-0.39, 0.29) is 6.04 Å². The van der Waals surface area contributed by atoms with Gasteiger partial charge in [0.1, 0.15) is 0 Å². The molecule has 0 bridgehead atoms. The van der Waals surface area contributed by atoms with Gasteiger partial charge in [0.05, 0.1) is 18.3 Å². The van der Waals surface area contributed by atoms with Crippen molar-refractivity contribution in [3.8, 4) is 0 Å². The first kappa shape index (κ1) is 12.8. The second-order valence-corrected chi connectivity index (χ2v) is 7.01.